The summed E-state index contributed by atoms with van der Waals surface area (Å²) >= 11 is 5.37. The van der Waals surface area contributed by atoms with Crippen molar-refractivity contribution in [1.82, 2.24) is 10.3 Å². The minimum Gasteiger partial charge on any atom is -0.352 e. The Morgan fingerprint density at radius 3 is 3.00 bits per heavy atom. The van der Waals surface area contributed by atoms with E-state index in [1.807, 2.05) is 25.1 Å². The Bertz CT molecular complexity index is 289. The van der Waals surface area contributed by atoms with Crippen LogP contribution in [0.15, 0.2) is 24.4 Å². The highest BCUT2D eigenvalue weighted by atomic mass is 35.5. The van der Waals surface area contributed by atoms with Gasteiger partial charge in [-0.3, -0.25) is 9.78 Å². The van der Waals surface area contributed by atoms with Crippen molar-refractivity contribution in [2.45, 2.75) is 19.4 Å². The molecular formula is C10H13ClN2O. The molecule has 0 bridgehead atoms. The number of carbonyl (C=O) groups excluding carboxylic acids is 1. The lowest BCUT2D eigenvalue weighted by Gasteiger charge is -2.11. The largest absolute Gasteiger partial charge is 0.352 e. The number of alkyl halides is 1. The van der Waals surface area contributed by atoms with E-state index in [-0.39, 0.29) is 17.8 Å². The van der Waals surface area contributed by atoms with Crippen molar-refractivity contribution >= 4 is 17.5 Å². The zero-order valence-electron chi connectivity index (χ0n) is 8.03. The van der Waals surface area contributed by atoms with Crippen molar-refractivity contribution in [2.75, 3.05) is 5.88 Å². The summed E-state index contributed by atoms with van der Waals surface area (Å²) in [5.74, 6) is -0.137. The molecule has 1 N–H and O–H groups in total. The summed E-state index contributed by atoms with van der Waals surface area (Å²) in [6.07, 6.45) is 2.47. The van der Waals surface area contributed by atoms with Crippen LogP contribution in [-0.4, -0.2) is 22.8 Å². The lowest BCUT2D eigenvalue weighted by atomic mass is 10.1. The van der Waals surface area contributed by atoms with Gasteiger partial charge < -0.3 is 5.32 Å². The molecule has 1 aromatic heterocycles. The summed E-state index contributed by atoms with van der Waals surface area (Å²) in [6.45, 7) is 1.93. The normalized spacial score (nSPS) is 12.1. The van der Waals surface area contributed by atoms with E-state index in [4.69, 9.17) is 11.6 Å². The number of nitrogens with one attached hydrogen (secondary N) is 1. The molecule has 0 spiro atoms. The molecule has 1 rings (SSSR count). The Morgan fingerprint density at radius 2 is 2.43 bits per heavy atom. The first-order chi connectivity index (χ1) is 6.72. The van der Waals surface area contributed by atoms with Gasteiger partial charge in [-0.15, -0.1) is 11.6 Å². The number of carbonyl (C=O) groups is 1. The fourth-order valence-electron chi connectivity index (χ4n) is 1.20. The van der Waals surface area contributed by atoms with Gasteiger partial charge in [-0.1, -0.05) is 6.07 Å². The highest BCUT2D eigenvalue weighted by Gasteiger charge is 2.06. The second kappa shape index (κ2) is 5.60. The maximum atomic E-state index is 10.9. The summed E-state index contributed by atoms with van der Waals surface area (Å²) in [4.78, 5) is 15.1. The molecule has 0 aliphatic rings. The zero-order chi connectivity index (χ0) is 10.4. The molecule has 0 aliphatic heterocycles. The third-order valence-corrected chi connectivity index (χ3v) is 2.01. The average molecular weight is 213 g/mol. The second-order valence-electron chi connectivity index (χ2n) is 3.13. The van der Waals surface area contributed by atoms with Crippen molar-refractivity contribution in [1.29, 1.82) is 0 Å². The summed E-state index contributed by atoms with van der Waals surface area (Å²) < 4.78 is 0. The van der Waals surface area contributed by atoms with E-state index < -0.39 is 0 Å². The van der Waals surface area contributed by atoms with Gasteiger partial charge >= 0.3 is 0 Å². The fourth-order valence-corrected chi connectivity index (χ4v) is 1.27. The van der Waals surface area contributed by atoms with Crippen LogP contribution in [-0.2, 0) is 11.2 Å². The molecule has 1 atom stereocenters. The monoisotopic (exact) mass is 212 g/mol. The lowest BCUT2D eigenvalue weighted by molar-refractivity contribution is -0.119. The van der Waals surface area contributed by atoms with Crippen LogP contribution < -0.4 is 5.32 Å². The quantitative estimate of drug-likeness (QED) is 0.766. The molecular weight excluding hydrogens is 200 g/mol. The molecule has 3 nitrogen and oxygen atoms in total. The van der Waals surface area contributed by atoms with E-state index in [0.29, 0.717) is 0 Å². The van der Waals surface area contributed by atoms with Crippen molar-refractivity contribution in [3.8, 4) is 0 Å². The third kappa shape index (κ3) is 3.75. The Kier molecular flexibility index (Phi) is 4.40. The van der Waals surface area contributed by atoms with E-state index in [1.165, 1.54) is 0 Å². The van der Waals surface area contributed by atoms with E-state index >= 15 is 0 Å². The number of pyridine rings is 1. The Balaban J connectivity index is 2.41. The fraction of sp³-hybridized carbons (Fsp3) is 0.400. The summed E-state index contributed by atoms with van der Waals surface area (Å²) in [7, 11) is 0. The molecule has 76 valence electrons. The van der Waals surface area contributed by atoms with Crippen LogP contribution in [0.2, 0.25) is 0 Å². The van der Waals surface area contributed by atoms with Crippen LogP contribution in [0.5, 0.6) is 0 Å². The Hall–Kier alpha value is -1.09. The van der Waals surface area contributed by atoms with Gasteiger partial charge in [0, 0.05) is 24.4 Å². The average Bonchev–Trinajstić information content (AvgIpc) is 2.19. The molecule has 0 saturated carbocycles. The van der Waals surface area contributed by atoms with Crippen LogP contribution >= 0.6 is 11.6 Å². The molecule has 1 unspecified atom stereocenters. The first-order valence-corrected chi connectivity index (χ1v) is 5.01. The SMILES string of the molecule is CC(Cc1ccccn1)NC(=O)CCl. The van der Waals surface area contributed by atoms with E-state index in [9.17, 15) is 4.79 Å². The molecule has 0 radical (unpaired) electrons. The van der Waals surface area contributed by atoms with Gasteiger partial charge in [-0.05, 0) is 19.1 Å². The van der Waals surface area contributed by atoms with Crippen LogP contribution in [0.4, 0.5) is 0 Å². The maximum Gasteiger partial charge on any atom is 0.235 e. The van der Waals surface area contributed by atoms with Crippen molar-refractivity contribution in [2.24, 2.45) is 0 Å². The topological polar surface area (TPSA) is 42.0 Å². The van der Waals surface area contributed by atoms with Crippen LogP contribution in [0, 0.1) is 0 Å². The summed E-state index contributed by atoms with van der Waals surface area (Å²) in [5, 5.41) is 2.77. The Morgan fingerprint density at radius 1 is 1.64 bits per heavy atom. The molecule has 14 heavy (non-hydrogen) atoms. The number of rotatable bonds is 4. The first-order valence-electron chi connectivity index (χ1n) is 4.47. The smallest absolute Gasteiger partial charge is 0.235 e. The number of aromatic nitrogens is 1. The highest BCUT2D eigenvalue weighted by Crippen LogP contribution is 1.98. The van der Waals surface area contributed by atoms with Crippen LogP contribution in [0.25, 0.3) is 0 Å². The van der Waals surface area contributed by atoms with Crippen molar-refractivity contribution in [3.63, 3.8) is 0 Å². The molecule has 4 heteroatoms. The summed E-state index contributed by atoms with van der Waals surface area (Å²) in [6, 6.07) is 5.80. The second-order valence-corrected chi connectivity index (χ2v) is 3.39. The van der Waals surface area contributed by atoms with Crippen molar-refractivity contribution in [3.05, 3.63) is 30.1 Å². The molecule has 1 amide bonds. The third-order valence-electron chi connectivity index (χ3n) is 1.77. The molecule has 0 aromatic carbocycles. The lowest BCUT2D eigenvalue weighted by Crippen LogP contribution is -2.34. The number of hydrogen-bond acceptors (Lipinski definition) is 2. The molecule has 1 heterocycles. The van der Waals surface area contributed by atoms with Gasteiger partial charge in [0.25, 0.3) is 0 Å². The van der Waals surface area contributed by atoms with Gasteiger partial charge in [0.2, 0.25) is 5.91 Å². The van der Waals surface area contributed by atoms with E-state index in [2.05, 4.69) is 10.3 Å². The minimum atomic E-state index is -0.143. The Labute approximate surface area is 88.5 Å². The minimum absolute atomic E-state index is 0.00651. The first kappa shape index (κ1) is 11.0. The number of hydrogen-bond donors (Lipinski definition) is 1. The zero-order valence-corrected chi connectivity index (χ0v) is 8.79. The number of amides is 1. The maximum absolute atomic E-state index is 10.9. The van der Waals surface area contributed by atoms with Gasteiger partial charge in [-0.2, -0.15) is 0 Å². The van der Waals surface area contributed by atoms with Gasteiger partial charge in [-0.25, -0.2) is 0 Å². The molecule has 0 fully saturated rings. The van der Waals surface area contributed by atoms with E-state index in [0.717, 1.165) is 12.1 Å². The summed E-state index contributed by atoms with van der Waals surface area (Å²) in [5.41, 5.74) is 0.967. The van der Waals surface area contributed by atoms with Crippen LogP contribution in [0.1, 0.15) is 12.6 Å². The number of nitrogens with zero attached hydrogens (tertiary/aromatic N) is 1. The number of halogens is 1. The van der Waals surface area contributed by atoms with Gasteiger partial charge in [0.15, 0.2) is 0 Å². The molecule has 0 aliphatic carbocycles. The van der Waals surface area contributed by atoms with Gasteiger partial charge in [0.05, 0.1) is 0 Å². The van der Waals surface area contributed by atoms with Crippen LogP contribution in [0.3, 0.4) is 0 Å². The standard InChI is InChI=1S/C10H13ClN2O/c1-8(13-10(14)7-11)6-9-4-2-3-5-12-9/h2-5,8H,6-7H2,1H3,(H,13,14). The molecule has 1 aromatic rings. The predicted molar refractivity (Wildman–Crippen MR) is 56.3 cm³/mol. The van der Waals surface area contributed by atoms with Crippen molar-refractivity contribution < 1.29 is 4.79 Å². The van der Waals surface area contributed by atoms with E-state index in [1.54, 1.807) is 6.20 Å². The molecule has 0 saturated heterocycles. The van der Waals surface area contributed by atoms with Gasteiger partial charge in [0.1, 0.15) is 5.88 Å². The highest BCUT2D eigenvalue weighted by molar-refractivity contribution is 6.27. The predicted octanol–water partition coefficient (Wildman–Crippen LogP) is 1.37.